The lowest BCUT2D eigenvalue weighted by atomic mass is 9.90. The van der Waals surface area contributed by atoms with Crippen LogP contribution in [0.2, 0.25) is 0 Å². The number of allylic oxidation sites excluding steroid dienone is 5. The number of hydrogen-bond donors (Lipinski definition) is 0. The van der Waals surface area contributed by atoms with E-state index < -0.39 is 0 Å². The molecule has 0 spiro atoms. The standard InChI is InChI=1S/C52H39NO/c1-5-14-33(2)35(4)53-52(43-22-11-18-38(31-43)36-15-7-6-8-16-36)34(3)37-17-9-19-39(29-37)40-20-10-21-41(30-40)42-27-28-44-45-23-12-25-48-50(45)51-46(47(44)32-42)24-13-26-49(51)54-48/h5-32H,3H2,1-2,4H3/b14-5-,35-33+,53-52?. The van der Waals surface area contributed by atoms with Gasteiger partial charge in [-0.05, 0) is 123 Å². The zero-order chi connectivity index (χ0) is 36.8. The highest BCUT2D eigenvalue weighted by atomic mass is 16.3. The van der Waals surface area contributed by atoms with Gasteiger partial charge in [-0.25, -0.2) is 0 Å². The molecule has 54 heavy (non-hydrogen) atoms. The Kier molecular flexibility index (Phi) is 8.37. The quantitative estimate of drug-likeness (QED) is 0.0883. The molecule has 0 aliphatic heterocycles. The lowest BCUT2D eigenvalue weighted by molar-refractivity contribution is 0.669. The second kappa shape index (κ2) is 13.7. The van der Waals surface area contributed by atoms with Crippen molar-refractivity contribution in [1.29, 1.82) is 0 Å². The minimum absolute atomic E-state index is 0.862. The largest absolute Gasteiger partial charge is 0.456 e. The third-order valence-electron chi connectivity index (χ3n) is 10.7. The molecule has 0 radical (unpaired) electrons. The van der Waals surface area contributed by atoms with E-state index in [1.165, 1.54) is 49.0 Å². The van der Waals surface area contributed by atoms with Gasteiger partial charge in [0.05, 0.1) is 5.71 Å². The van der Waals surface area contributed by atoms with Crippen molar-refractivity contribution in [3.63, 3.8) is 0 Å². The van der Waals surface area contributed by atoms with Crippen LogP contribution in [0.25, 0.3) is 82.4 Å². The summed E-state index contributed by atoms with van der Waals surface area (Å²) >= 11 is 0. The van der Waals surface area contributed by atoms with E-state index in [2.05, 4.69) is 184 Å². The molecule has 2 heteroatoms. The average molecular weight is 694 g/mol. The Bertz CT molecular complexity index is 2970. The third kappa shape index (κ3) is 5.83. The molecule has 0 saturated heterocycles. The van der Waals surface area contributed by atoms with E-state index in [-0.39, 0.29) is 0 Å². The van der Waals surface area contributed by atoms with Gasteiger partial charge in [0.2, 0.25) is 0 Å². The predicted octanol–water partition coefficient (Wildman–Crippen LogP) is 14.7. The number of hydrogen-bond acceptors (Lipinski definition) is 2. The van der Waals surface area contributed by atoms with E-state index in [1.807, 2.05) is 13.0 Å². The molecule has 0 aliphatic rings. The molecule has 0 bridgehead atoms. The first-order valence-electron chi connectivity index (χ1n) is 18.5. The molecule has 1 heterocycles. The second-order valence-corrected chi connectivity index (χ2v) is 14.0. The number of aliphatic imine (C=N–C) groups is 1. The lowest BCUT2D eigenvalue weighted by Gasteiger charge is -2.15. The minimum Gasteiger partial charge on any atom is -0.456 e. The van der Waals surface area contributed by atoms with Gasteiger partial charge in [0.1, 0.15) is 11.2 Å². The number of fused-ring (bicyclic) bond motifs is 3. The van der Waals surface area contributed by atoms with Crippen molar-refractivity contribution in [2.24, 2.45) is 4.99 Å². The monoisotopic (exact) mass is 693 g/mol. The Balaban J connectivity index is 1.11. The summed E-state index contributed by atoms with van der Waals surface area (Å²) in [6.07, 6.45) is 4.15. The van der Waals surface area contributed by atoms with Crippen LogP contribution in [0, 0.1) is 0 Å². The molecule has 0 aliphatic carbocycles. The van der Waals surface area contributed by atoms with E-state index in [0.29, 0.717) is 0 Å². The van der Waals surface area contributed by atoms with Gasteiger partial charge in [-0.15, -0.1) is 0 Å². The fraction of sp³-hybridized carbons (Fsp3) is 0.0577. The van der Waals surface area contributed by atoms with Crippen molar-refractivity contribution in [3.8, 4) is 33.4 Å². The Hall–Kier alpha value is -6.77. The fourth-order valence-corrected chi connectivity index (χ4v) is 7.81. The van der Waals surface area contributed by atoms with Crippen LogP contribution in [0.4, 0.5) is 0 Å². The molecular weight excluding hydrogens is 655 g/mol. The molecule has 2 nitrogen and oxygen atoms in total. The van der Waals surface area contributed by atoms with Crippen LogP contribution in [0.1, 0.15) is 31.9 Å². The summed E-state index contributed by atoms with van der Waals surface area (Å²) in [5, 5.41) is 7.35. The van der Waals surface area contributed by atoms with Crippen LogP contribution < -0.4 is 0 Å². The first-order valence-corrected chi connectivity index (χ1v) is 18.5. The summed E-state index contributed by atoms with van der Waals surface area (Å²) in [4.78, 5) is 5.24. The number of rotatable bonds is 8. The van der Waals surface area contributed by atoms with Crippen LogP contribution in [0.5, 0.6) is 0 Å². The Labute approximate surface area is 316 Å². The predicted molar refractivity (Wildman–Crippen MR) is 231 cm³/mol. The van der Waals surface area contributed by atoms with Crippen molar-refractivity contribution in [2.45, 2.75) is 20.8 Å². The highest BCUT2D eigenvalue weighted by Gasteiger charge is 2.18. The molecule has 9 aromatic rings. The summed E-state index contributed by atoms with van der Waals surface area (Å²) in [6.45, 7) is 10.9. The molecule has 0 saturated carbocycles. The number of nitrogens with zero attached hydrogens (tertiary/aromatic N) is 1. The topological polar surface area (TPSA) is 25.5 Å². The molecule has 258 valence electrons. The van der Waals surface area contributed by atoms with Gasteiger partial charge >= 0.3 is 0 Å². The first-order chi connectivity index (χ1) is 26.5. The van der Waals surface area contributed by atoms with E-state index in [4.69, 9.17) is 9.41 Å². The zero-order valence-corrected chi connectivity index (χ0v) is 30.7. The van der Waals surface area contributed by atoms with Crippen LogP contribution in [0.3, 0.4) is 0 Å². The molecular formula is C52H39NO. The van der Waals surface area contributed by atoms with Crippen LogP contribution in [0.15, 0.2) is 197 Å². The van der Waals surface area contributed by atoms with Gasteiger partial charge < -0.3 is 4.42 Å². The fourth-order valence-electron chi connectivity index (χ4n) is 7.81. The number of furan rings is 1. The summed E-state index contributed by atoms with van der Waals surface area (Å²) in [6, 6.07) is 56.2. The van der Waals surface area contributed by atoms with E-state index in [0.717, 1.165) is 61.5 Å². The van der Waals surface area contributed by atoms with Gasteiger partial charge in [-0.1, -0.05) is 140 Å². The summed E-state index contributed by atoms with van der Waals surface area (Å²) in [7, 11) is 0. The average Bonchev–Trinajstić information content (AvgIpc) is 3.62. The smallest absolute Gasteiger partial charge is 0.136 e. The highest BCUT2D eigenvalue weighted by Crippen LogP contribution is 2.43. The van der Waals surface area contributed by atoms with Crippen molar-refractivity contribution in [3.05, 3.63) is 199 Å². The van der Waals surface area contributed by atoms with Crippen molar-refractivity contribution in [1.82, 2.24) is 0 Å². The van der Waals surface area contributed by atoms with E-state index in [1.54, 1.807) is 0 Å². The Morgan fingerprint density at radius 3 is 1.72 bits per heavy atom. The summed E-state index contributed by atoms with van der Waals surface area (Å²) in [5.74, 6) is 0. The maximum absolute atomic E-state index is 6.28. The van der Waals surface area contributed by atoms with E-state index in [9.17, 15) is 0 Å². The molecule has 0 fully saturated rings. The molecule has 0 atom stereocenters. The summed E-state index contributed by atoms with van der Waals surface area (Å²) < 4.78 is 6.28. The summed E-state index contributed by atoms with van der Waals surface area (Å²) in [5.41, 5.74) is 14.7. The Morgan fingerprint density at radius 2 is 1.04 bits per heavy atom. The maximum Gasteiger partial charge on any atom is 0.136 e. The third-order valence-corrected chi connectivity index (χ3v) is 10.7. The van der Waals surface area contributed by atoms with Gasteiger partial charge in [0.25, 0.3) is 0 Å². The van der Waals surface area contributed by atoms with Crippen LogP contribution in [-0.2, 0) is 0 Å². The van der Waals surface area contributed by atoms with Crippen LogP contribution in [-0.4, -0.2) is 5.71 Å². The molecule has 9 rings (SSSR count). The molecule has 1 aromatic heterocycles. The normalized spacial score (nSPS) is 12.8. The van der Waals surface area contributed by atoms with Crippen molar-refractivity contribution in [2.75, 3.05) is 0 Å². The molecule has 8 aromatic carbocycles. The van der Waals surface area contributed by atoms with Crippen molar-refractivity contribution < 1.29 is 4.42 Å². The zero-order valence-electron chi connectivity index (χ0n) is 30.7. The van der Waals surface area contributed by atoms with E-state index >= 15 is 0 Å². The molecule has 0 amide bonds. The second-order valence-electron chi connectivity index (χ2n) is 14.0. The highest BCUT2D eigenvalue weighted by molar-refractivity contribution is 6.33. The molecule has 0 N–H and O–H groups in total. The Morgan fingerprint density at radius 1 is 0.500 bits per heavy atom. The minimum atomic E-state index is 0.862. The molecule has 0 unspecified atom stereocenters. The number of benzene rings is 8. The SMILES string of the molecule is C=C(C(=N/C(C)=C(C)/C=C\C)c1cccc(-c2ccccc2)c1)c1cccc(-c2cccc(-c3ccc4c(c3)c3cccc5oc6cccc4c6c53)c2)c1. The van der Waals surface area contributed by atoms with Crippen molar-refractivity contribution >= 4 is 54.8 Å². The first kappa shape index (κ1) is 33.1. The van der Waals surface area contributed by atoms with Gasteiger partial charge in [-0.3, -0.25) is 4.99 Å². The maximum atomic E-state index is 6.28. The van der Waals surface area contributed by atoms with Crippen LogP contribution >= 0.6 is 0 Å². The van der Waals surface area contributed by atoms with Gasteiger partial charge in [-0.2, -0.15) is 0 Å². The lowest BCUT2D eigenvalue weighted by Crippen LogP contribution is -2.05. The van der Waals surface area contributed by atoms with Gasteiger partial charge in [0.15, 0.2) is 0 Å². The van der Waals surface area contributed by atoms with Gasteiger partial charge in [0, 0.05) is 27.6 Å².